The molecule has 0 spiro atoms. The maximum Gasteiger partial charge on any atom is 0.214 e. The Kier molecular flexibility index (Phi) is 2.64. The van der Waals surface area contributed by atoms with Gasteiger partial charge in [0, 0.05) is 18.0 Å². The van der Waals surface area contributed by atoms with Crippen molar-refractivity contribution in [1.82, 2.24) is 14.6 Å². The molecule has 0 unspecified atom stereocenters. The van der Waals surface area contributed by atoms with Gasteiger partial charge in [-0.1, -0.05) is 4.49 Å². The van der Waals surface area contributed by atoms with Gasteiger partial charge in [-0.25, -0.2) is 4.98 Å². The van der Waals surface area contributed by atoms with E-state index in [1.165, 1.54) is 23.8 Å². The normalized spacial score (nSPS) is 10.1. The van der Waals surface area contributed by atoms with Crippen LogP contribution in [0.2, 0.25) is 0 Å². The van der Waals surface area contributed by atoms with Gasteiger partial charge >= 0.3 is 0 Å². The van der Waals surface area contributed by atoms with Crippen molar-refractivity contribution in [3.63, 3.8) is 0 Å². The average Bonchev–Trinajstić information content (AvgIpc) is 2.67. The largest absolute Gasteiger partial charge is 0.380 e. The molecule has 0 bridgehead atoms. The number of nitrogens with zero attached hydrogens (tertiary/aromatic N) is 3. The molecule has 0 fully saturated rings. The van der Waals surface area contributed by atoms with E-state index in [1.807, 2.05) is 0 Å². The van der Waals surface area contributed by atoms with Gasteiger partial charge < -0.3 is 5.32 Å². The van der Waals surface area contributed by atoms with Crippen LogP contribution in [-0.4, -0.2) is 14.6 Å². The Morgan fingerprint density at radius 1 is 1.50 bits per heavy atom. The minimum absolute atomic E-state index is 0.488. The highest BCUT2D eigenvalue weighted by Crippen LogP contribution is 2.10. The number of rotatable bonds is 3. The lowest BCUT2D eigenvalue weighted by Gasteiger charge is -2.02. The second-order valence-electron chi connectivity index (χ2n) is 2.60. The third-order valence-electron chi connectivity index (χ3n) is 1.60. The number of aromatic nitrogens is 3. The highest BCUT2D eigenvalue weighted by atomic mass is 32.1. The Balaban J connectivity index is 1.98. The Bertz CT molecular complexity index is 403. The van der Waals surface area contributed by atoms with Crippen LogP contribution in [0.5, 0.6) is 0 Å². The monoisotopic (exact) mass is 210 g/mol. The molecule has 2 aromatic rings. The highest BCUT2D eigenvalue weighted by molar-refractivity contribution is 7.05. The van der Waals surface area contributed by atoms with Crippen LogP contribution >= 0.6 is 11.5 Å². The predicted molar refractivity (Wildman–Crippen MR) is 51.4 cm³/mol. The molecule has 2 aromatic heterocycles. The minimum Gasteiger partial charge on any atom is -0.380 e. The summed E-state index contributed by atoms with van der Waals surface area (Å²) in [5.41, 5.74) is 0.700. The summed E-state index contributed by atoms with van der Waals surface area (Å²) in [5, 5.41) is 6.73. The first-order valence-corrected chi connectivity index (χ1v) is 4.73. The van der Waals surface area contributed by atoms with Crippen LogP contribution in [-0.2, 0) is 6.54 Å². The fourth-order valence-electron chi connectivity index (χ4n) is 0.967. The van der Waals surface area contributed by atoms with Gasteiger partial charge in [0.05, 0.1) is 17.6 Å². The molecule has 0 aromatic carbocycles. The van der Waals surface area contributed by atoms with E-state index in [1.54, 1.807) is 12.3 Å². The fourth-order valence-corrected chi connectivity index (χ4v) is 1.40. The molecule has 1 N–H and O–H groups in total. The van der Waals surface area contributed by atoms with Crippen molar-refractivity contribution < 1.29 is 4.39 Å². The van der Waals surface area contributed by atoms with E-state index in [2.05, 4.69) is 19.9 Å². The van der Waals surface area contributed by atoms with Crippen LogP contribution in [0.1, 0.15) is 4.88 Å². The summed E-state index contributed by atoms with van der Waals surface area (Å²) < 4.78 is 16.4. The zero-order valence-corrected chi connectivity index (χ0v) is 7.96. The molecular formula is C8H7FN4S. The van der Waals surface area contributed by atoms with Crippen molar-refractivity contribution in [2.75, 3.05) is 5.32 Å². The maximum absolute atomic E-state index is 12.7. The van der Waals surface area contributed by atoms with Crippen LogP contribution in [0.4, 0.5) is 10.1 Å². The van der Waals surface area contributed by atoms with Crippen LogP contribution in [0.25, 0.3) is 0 Å². The molecule has 0 aliphatic heterocycles. The molecule has 72 valence electrons. The number of pyridine rings is 1. The van der Waals surface area contributed by atoms with Crippen LogP contribution in [0, 0.1) is 5.95 Å². The van der Waals surface area contributed by atoms with E-state index in [4.69, 9.17) is 0 Å². The zero-order valence-electron chi connectivity index (χ0n) is 7.14. The van der Waals surface area contributed by atoms with E-state index in [0.29, 0.717) is 12.2 Å². The molecule has 0 aliphatic rings. The molecule has 0 atom stereocenters. The van der Waals surface area contributed by atoms with E-state index in [0.717, 1.165) is 4.88 Å². The molecule has 6 heteroatoms. The highest BCUT2D eigenvalue weighted by Gasteiger charge is 1.97. The first-order valence-electron chi connectivity index (χ1n) is 3.96. The van der Waals surface area contributed by atoms with Gasteiger partial charge in [-0.15, -0.1) is 5.10 Å². The number of anilines is 1. The van der Waals surface area contributed by atoms with Gasteiger partial charge in [0.2, 0.25) is 5.95 Å². The second kappa shape index (κ2) is 4.10. The van der Waals surface area contributed by atoms with Crippen molar-refractivity contribution in [1.29, 1.82) is 0 Å². The van der Waals surface area contributed by atoms with Gasteiger partial charge in [-0.2, -0.15) is 4.39 Å². The summed E-state index contributed by atoms with van der Waals surface area (Å²) >= 11 is 1.31. The van der Waals surface area contributed by atoms with Crippen molar-refractivity contribution in [3.05, 3.63) is 35.4 Å². The van der Waals surface area contributed by atoms with E-state index in [-0.39, 0.29) is 0 Å². The van der Waals surface area contributed by atoms with Crippen LogP contribution < -0.4 is 5.32 Å². The Morgan fingerprint density at radius 2 is 2.43 bits per heavy atom. The van der Waals surface area contributed by atoms with Crippen molar-refractivity contribution >= 4 is 17.2 Å². The summed E-state index contributed by atoms with van der Waals surface area (Å²) in [4.78, 5) is 4.46. The molecule has 2 rings (SSSR count). The van der Waals surface area contributed by atoms with Crippen molar-refractivity contribution in [2.24, 2.45) is 0 Å². The summed E-state index contributed by atoms with van der Waals surface area (Å²) in [5.74, 6) is -0.488. The summed E-state index contributed by atoms with van der Waals surface area (Å²) in [6.07, 6.45) is 3.10. The van der Waals surface area contributed by atoms with Crippen molar-refractivity contribution in [3.8, 4) is 0 Å². The number of halogens is 1. The van der Waals surface area contributed by atoms with Gasteiger partial charge in [0.25, 0.3) is 0 Å². The number of nitrogens with one attached hydrogen (secondary N) is 1. The Morgan fingerprint density at radius 3 is 3.14 bits per heavy atom. The van der Waals surface area contributed by atoms with E-state index >= 15 is 0 Å². The smallest absolute Gasteiger partial charge is 0.214 e. The fraction of sp³-hybridized carbons (Fsp3) is 0.125. The van der Waals surface area contributed by atoms with Crippen molar-refractivity contribution in [2.45, 2.75) is 6.54 Å². The van der Waals surface area contributed by atoms with Crippen LogP contribution in [0.3, 0.4) is 0 Å². The molecular weight excluding hydrogens is 203 g/mol. The molecule has 4 nitrogen and oxygen atoms in total. The lowest BCUT2D eigenvalue weighted by molar-refractivity contribution is 0.584. The number of hydrogen-bond donors (Lipinski definition) is 1. The summed E-state index contributed by atoms with van der Waals surface area (Å²) in [6, 6.07) is 3.05. The quantitative estimate of drug-likeness (QED) is 0.783. The first-order chi connectivity index (χ1) is 6.84. The average molecular weight is 210 g/mol. The lowest BCUT2D eigenvalue weighted by Crippen LogP contribution is -1.98. The molecule has 0 aliphatic carbocycles. The maximum atomic E-state index is 12.7. The topological polar surface area (TPSA) is 50.7 Å². The Hall–Kier alpha value is -1.56. The minimum atomic E-state index is -0.488. The van der Waals surface area contributed by atoms with Gasteiger partial charge in [-0.05, 0) is 17.6 Å². The molecule has 0 amide bonds. The molecule has 14 heavy (non-hydrogen) atoms. The van der Waals surface area contributed by atoms with Gasteiger partial charge in [0.1, 0.15) is 0 Å². The summed E-state index contributed by atoms with van der Waals surface area (Å²) in [7, 11) is 0. The summed E-state index contributed by atoms with van der Waals surface area (Å²) in [6.45, 7) is 0.598. The second-order valence-corrected chi connectivity index (χ2v) is 3.47. The molecule has 2 heterocycles. The van der Waals surface area contributed by atoms with Gasteiger partial charge in [0.15, 0.2) is 0 Å². The SMILES string of the molecule is Fc1cc(NCc2cnns2)ccn1. The van der Waals surface area contributed by atoms with Gasteiger partial charge in [-0.3, -0.25) is 0 Å². The molecule has 0 saturated heterocycles. The van der Waals surface area contributed by atoms with Crippen LogP contribution in [0.15, 0.2) is 24.5 Å². The first kappa shape index (κ1) is 9.01. The predicted octanol–water partition coefficient (Wildman–Crippen LogP) is 1.68. The standard InChI is InChI=1S/C8H7FN4S/c9-8-3-6(1-2-10-8)11-4-7-5-12-13-14-7/h1-3,5H,4H2,(H,10,11). The van der Waals surface area contributed by atoms with E-state index in [9.17, 15) is 4.39 Å². The zero-order chi connectivity index (χ0) is 9.80. The molecule has 0 saturated carbocycles. The third-order valence-corrected chi connectivity index (χ3v) is 2.26. The number of hydrogen-bond acceptors (Lipinski definition) is 5. The van der Waals surface area contributed by atoms with E-state index < -0.39 is 5.95 Å². The molecule has 0 radical (unpaired) electrons. The third kappa shape index (κ3) is 2.23. The Labute approximate surface area is 84.0 Å². The lowest BCUT2D eigenvalue weighted by atomic mass is 10.4.